The monoisotopic (exact) mass is 309 g/mol. The Labute approximate surface area is 137 Å². The predicted molar refractivity (Wildman–Crippen MR) is 91.5 cm³/mol. The van der Waals surface area contributed by atoms with Gasteiger partial charge >= 0.3 is 0 Å². The van der Waals surface area contributed by atoms with Gasteiger partial charge in [0.2, 0.25) is 0 Å². The Morgan fingerprint density at radius 1 is 1.26 bits per heavy atom. The fourth-order valence-electron chi connectivity index (χ4n) is 2.85. The summed E-state index contributed by atoms with van der Waals surface area (Å²) in [5.41, 5.74) is 4.06. The highest BCUT2D eigenvalue weighted by atomic mass is 16.3. The zero-order valence-corrected chi connectivity index (χ0v) is 14.3. The minimum absolute atomic E-state index is 0.0711. The van der Waals surface area contributed by atoms with E-state index < -0.39 is 0 Å². The van der Waals surface area contributed by atoms with E-state index >= 15 is 0 Å². The van der Waals surface area contributed by atoms with E-state index in [4.69, 9.17) is 9.68 Å². The van der Waals surface area contributed by atoms with Crippen molar-refractivity contribution in [2.24, 2.45) is 0 Å². The smallest absolute Gasteiger partial charge is 0.159 e. The maximum Gasteiger partial charge on any atom is 0.159 e. The number of carbonyl (C=O) groups excluding carboxylic acids is 1. The average molecular weight is 309 g/mol. The molecule has 2 aromatic rings. The molecule has 0 aliphatic rings. The largest absolute Gasteiger partial charge is 0.465 e. The van der Waals surface area contributed by atoms with Crippen LogP contribution in [0.2, 0.25) is 0 Å². The van der Waals surface area contributed by atoms with Crippen molar-refractivity contribution >= 4 is 5.78 Å². The van der Waals surface area contributed by atoms with Gasteiger partial charge in [-0.2, -0.15) is 5.26 Å². The van der Waals surface area contributed by atoms with Gasteiger partial charge in [-0.25, -0.2) is 0 Å². The molecule has 1 heterocycles. The molecule has 0 radical (unpaired) electrons. The second-order valence-corrected chi connectivity index (χ2v) is 6.11. The van der Waals surface area contributed by atoms with E-state index in [0.717, 1.165) is 46.6 Å². The Balaban J connectivity index is 2.37. The van der Waals surface area contributed by atoms with Crippen molar-refractivity contribution in [3.63, 3.8) is 0 Å². The summed E-state index contributed by atoms with van der Waals surface area (Å²) in [6, 6.07) is 9.89. The lowest BCUT2D eigenvalue weighted by molar-refractivity contribution is 0.101. The third-order valence-corrected chi connectivity index (χ3v) is 4.37. The molecular formula is C20H23NO2. The number of benzene rings is 1. The summed E-state index contributed by atoms with van der Waals surface area (Å²) in [5, 5.41) is 8.70. The number of ketones is 1. The molecule has 1 atom stereocenters. The standard InChI is InChI=1S/C20H23NO2/c1-13(7-5-6-12-21)20-19(14(2)16(4)23-20)18-10-8-17(9-11-18)15(3)22/h8-11,13H,5-7H2,1-4H3. The first-order valence-electron chi connectivity index (χ1n) is 8.04. The van der Waals surface area contributed by atoms with E-state index in [9.17, 15) is 4.79 Å². The molecule has 3 heteroatoms. The average Bonchev–Trinajstić information content (AvgIpc) is 2.83. The number of Topliss-reactive ketones (excluding diaryl/α,β-unsaturated/α-hetero) is 1. The zero-order valence-electron chi connectivity index (χ0n) is 14.3. The molecule has 0 fully saturated rings. The van der Waals surface area contributed by atoms with E-state index in [2.05, 4.69) is 19.9 Å². The summed E-state index contributed by atoms with van der Waals surface area (Å²) in [7, 11) is 0. The first kappa shape index (κ1) is 17.0. The number of hydrogen-bond acceptors (Lipinski definition) is 3. The molecule has 0 bridgehead atoms. The van der Waals surface area contributed by atoms with Crippen LogP contribution in [-0.4, -0.2) is 5.78 Å². The van der Waals surface area contributed by atoms with E-state index in [-0.39, 0.29) is 11.7 Å². The lowest BCUT2D eigenvalue weighted by Crippen LogP contribution is -1.96. The number of carbonyl (C=O) groups is 1. The Hall–Kier alpha value is -2.34. The maximum atomic E-state index is 11.4. The van der Waals surface area contributed by atoms with Crippen LogP contribution in [0.3, 0.4) is 0 Å². The first-order chi connectivity index (χ1) is 11.0. The summed E-state index contributed by atoms with van der Waals surface area (Å²) in [6.45, 7) is 7.76. The predicted octanol–water partition coefficient (Wildman–Crippen LogP) is 5.56. The van der Waals surface area contributed by atoms with E-state index in [1.165, 1.54) is 0 Å². The summed E-state index contributed by atoms with van der Waals surface area (Å²) in [5.74, 6) is 2.24. The lowest BCUT2D eigenvalue weighted by Gasteiger charge is -2.11. The van der Waals surface area contributed by atoms with Crippen molar-refractivity contribution < 1.29 is 9.21 Å². The maximum absolute atomic E-state index is 11.4. The molecule has 0 N–H and O–H groups in total. The second kappa shape index (κ2) is 7.28. The molecule has 3 nitrogen and oxygen atoms in total. The van der Waals surface area contributed by atoms with Crippen LogP contribution < -0.4 is 0 Å². The molecule has 23 heavy (non-hydrogen) atoms. The summed E-state index contributed by atoms with van der Waals surface area (Å²) in [4.78, 5) is 11.4. The molecule has 0 saturated heterocycles. The van der Waals surface area contributed by atoms with Gasteiger partial charge in [-0.05, 0) is 44.7 Å². The van der Waals surface area contributed by atoms with Gasteiger partial charge in [0.05, 0.1) is 6.07 Å². The van der Waals surface area contributed by atoms with E-state index in [0.29, 0.717) is 6.42 Å². The molecule has 120 valence electrons. The van der Waals surface area contributed by atoms with Gasteiger partial charge in [-0.1, -0.05) is 31.2 Å². The number of hydrogen-bond donors (Lipinski definition) is 0. The Morgan fingerprint density at radius 2 is 1.91 bits per heavy atom. The lowest BCUT2D eigenvalue weighted by atomic mass is 9.92. The fourth-order valence-corrected chi connectivity index (χ4v) is 2.85. The summed E-state index contributed by atoms with van der Waals surface area (Å²) in [6.07, 6.45) is 2.38. The van der Waals surface area contributed by atoms with Crippen LogP contribution in [0.4, 0.5) is 0 Å². The zero-order chi connectivity index (χ0) is 17.0. The summed E-state index contributed by atoms with van der Waals surface area (Å²) < 4.78 is 6.02. The van der Waals surface area contributed by atoms with Crippen LogP contribution in [0.1, 0.15) is 66.5 Å². The molecule has 0 spiro atoms. The number of furan rings is 1. The van der Waals surface area contributed by atoms with Gasteiger partial charge in [-0.15, -0.1) is 0 Å². The van der Waals surface area contributed by atoms with Gasteiger partial charge in [-0.3, -0.25) is 4.79 Å². The Bertz CT molecular complexity index is 732. The minimum atomic E-state index is 0.0711. The molecule has 0 saturated carbocycles. The van der Waals surface area contributed by atoms with Crippen molar-refractivity contribution in [1.82, 2.24) is 0 Å². The second-order valence-electron chi connectivity index (χ2n) is 6.11. The van der Waals surface area contributed by atoms with Gasteiger partial charge in [0.1, 0.15) is 11.5 Å². The molecule has 0 amide bonds. The van der Waals surface area contributed by atoms with Gasteiger partial charge < -0.3 is 4.42 Å². The quantitative estimate of drug-likeness (QED) is 0.518. The molecule has 1 aromatic carbocycles. The first-order valence-corrected chi connectivity index (χ1v) is 8.04. The number of nitriles is 1. The van der Waals surface area contributed by atoms with Gasteiger partial charge in [0.15, 0.2) is 5.78 Å². The summed E-state index contributed by atoms with van der Waals surface area (Å²) >= 11 is 0. The molecule has 2 rings (SSSR count). The fraction of sp³-hybridized carbons (Fsp3) is 0.400. The van der Waals surface area contributed by atoms with Crippen LogP contribution in [0, 0.1) is 25.2 Å². The van der Waals surface area contributed by atoms with E-state index in [1.54, 1.807) is 6.92 Å². The van der Waals surface area contributed by atoms with Crippen molar-refractivity contribution in [2.45, 2.75) is 52.9 Å². The highest BCUT2D eigenvalue weighted by molar-refractivity contribution is 5.94. The molecule has 1 unspecified atom stereocenters. The minimum Gasteiger partial charge on any atom is -0.465 e. The SMILES string of the molecule is CC(=O)c1ccc(-c2c(C(C)CCCC#N)oc(C)c2C)cc1. The highest BCUT2D eigenvalue weighted by Crippen LogP contribution is 2.38. The number of rotatable bonds is 6. The normalized spacial score (nSPS) is 12.0. The molecule has 0 aliphatic carbocycles. The third-order valence-electron chi connectivity index (χ3n) is 4.37. The number of unbranched alkanes of at least 4 members (excludes halogenated alkanes) is 1. The van der Waals surface area contributed by atoms with Crippen LogP contribution in [-0.2, 0) is 0 Å². The number of nitrogens with zero attached hydrogens (tertiary/aromatic N) is 1. The van der Waals surface area contributed by atoms with Crippen LogP contribution >= 0.6 is 0 Å². The molecular weight excluding hydrogens is 286 g/mol. The Kier molecular flexibility index (Phi) is 5.39. The third kappa shape index (κ3) is 3.71. The van der Waals surface area contributed by atoms with E-state index in [1.807, 2.05) is 31.2 Å². The van der Waals surface area contributed by atoms with Crippen LogP contribution in [0.25, 0.3) is 11.1 Å². The van der Waals surface area contributed by atoms with Gasteiger partial charge in [0, 0.05) is 23.5 Å². The number of aryl methyl sites for hydroxylation is 1. The topological polar surface area (TPSA) is 54.0 Å². The van der Waals surface area contributed by atoms with Crippen molar-refractivity contribution in [2.75, 3.05) is 0 Å². The molecule has 0 aliphatic heterocycles. The highest BCUT2D eigenvalue weighted by Gasteiger charge is 2.21. The Morgan fingerprint density at radius 3 is 2.48 bits per heavy atom. The molecule has 1 aromatic heterocycles. The van der Waals surface area contributed by atoms with Crippen molar-refractivity contribution in [3.05, 3.63) is 46.9 Å². The van der Waals surface area contributed by atoms with Crippen LogP contribution in [0.15, 0.2) is 28.7 Å². The van der Waals surface area contributed by atoms with Crippen molar-refractivity contribution in [1.29, 1.82) is 5.26 Å². The van der Waals surface area contributed by atoms with Crippen LogP contribution in [0.5, 0.6) is 0 Å². The van der Waals surface area contributed by atoms with Gasteiger partial charge in [0.25, 0.3) is 0 Å². The van der Waals surface area contributed by atoms with Crippen molar-refractivity contribution in [3.8, 4) is 17.2 Å².